The van der Waals surface area contributed by atoms with Crippen molar-refractivity contribution in [2.45, 2.75) is 13.0 Å². The number of aryl methyl sites for hydroxylation is 2. The largest absolute Gasteiger partial charge is 0.382 e. The van der Waals surface area contributed by atoms with E-state index >= 15 is 0 Å². The van der Waals surface area contributed by atoms with Crippen LogP contribution in [0, 0.1) is 6.92 Å². The third-order valence-corrected chi connectivity index (χ3v) is 2.51. The lowest BCUT2D eigenvalue weighted by molar-refractivity contribution is 0.208. The van der Waals surface area contributed by atoms with Crippen molar-refractivity contribution in [1.82, 2.24) is 14.8 Å². The summed E-state index contributed by atoms with van der Waals surface area (Å²) in [5.41, 5.74) is 2.62. The Morgan fingerprint density at radius 1 is 1.33 bits per heavy atom. The van der Waals surface area contributed by atoms with Crippen LogP contribution in [0.25, 0.3) is 0 Å². The van der Waals surface area contributed by atoms with Crippen LogP contribution in [0.4, 0.5) is 0 Å². The van der Waals surface area contributed by atoms with E-state index in [1.165, 1.54) is 0 Å². The fourth-order valence-electron chi connectivity index (χ4n) is 1.57. The summed E-state index contributed by atoms with van der Waals surface area (Å²) in [6.45, 7) is 1.95. The monoisotopic (exact) mass is 203 g/mol. The Morgan fingerprint density at radius 2 is 2.13 bits per heavy atom. The van der Waals surface area contributed by atoms with Crippen molar-refractivity contribution in [3.63, 3.8) is 0 Å². The van der Waals surface area contributed by atoms with Gasteiger partial charge in [0, 0.05) is 31.2 Å². The Balaban J connectivity index is 2.41. The second-order valence-corrected chi connectivity index (χ2v) is 3.51. The van der Waals surface area contributed by atoms with Gasteiger partial charge >= 0.3 is 0 Å². The zero-order valence-corrected chi connectivity index (χ0v) is 8.75. The summed E-state index contributed by atoms with van der Waals surface area (Å²) in [5, 5.41) is 14.2. The summed E-state index contributed by atoms with van der Waals surface area (Å²) in [6.07, 6.45) is 4.41. The third-order valence-electron chi connectivity index (χ3n) is 2.51. The first kappa shape index (κ1) is 9.86. The predicted octanol–water partition coefficient (Wildman–Crippen LogP) is 1.21. The van der Waals surface area contributed by atoms with E-state index in [1.807, 2.05) is 20.0 Å². The van der Waals surface area contributed by atoms with E-state index in [9.17, 15) is 5.11 Å². The van der Waals surface area contributed by atoms with E-state index in [-0.39, 0.29) is 0 Å². The fourth-order valence-corrected chi connectivity index (χ4v) is 1.57. The van der Waals surface area contributed by atoms with Crippen molar-refractivity contribution in [1.29, 1.82) is 0 Å². The van der Waals surface area contributed by atoms with Gasteiger partial charge < -0.3 is 5.11 Å². The Labute approximate surface area is 88.2 Å². The molecule has 2 aromatic rings. The number of aliphatic hydroxyl groups is 1. The predicted molar refractivity (Wildman–Crippen MR) is 56.2 cm³/mol. The molecule has 1 unspecified atom stereocenters. The van der Waals surface area contributed by atoms with E-state index in [0.717, 1.165) is 16.8 Å². The number of pyridine rings is 1. The standard InChI is InChI=1S/C11H13N3O/c1-8-3-5-12-7-9(8)11(15)10-4-6-13-14(10)2/h3-7,11,15H,1-2H3. The SMILES string of the molecule is Cc1ccncc1C(O)c1ccnn1C. The minimum Gasteiger partial charge on any atom is -0.382 e. The molecule has 78 valence electrons. The number of aliphatic hydroxyl groups excluding tert-OH is 1. The van der Waals surface area contributed by atoms with E-state index in [4.69, 9.17) is 0 Å². The maximum Gasteiger partial charge on any atom is 0.122 e. The molecule has 0 aromatic carbocycles. The van der Waals surface area contributed by atoms with Gasteiger partial charge in [-0.3, -0.25) is 9.67 Å². The van der Waals surface area contributed by atoms with Crippen LogP contribution in [0.3, 0.4) is 0 Å². The maximum absolute atomic E-state index is 10.1. The molecule has 2 aromatic heterocycles. The Bertz CT molecular complexity index is 464. The second kappa shape index (κ2) is 3.82. The fraction of sp³-hybridized carbons (Fsp3) is 0.273. The smallest absolute Gasteiger partial charge is 0.122 e. The molecule has 0 bridgehead atoms. The molecule has 2 heterocycles. The zero-order valence-electron chi connectivity index (χ0n) is 8.75. The van der Waals surface area contributed by atoms with Crippen LogP contribution in [0.15, 0.2) is 30.7 Å². The molecule has 0 saturated heterocycles. The van der Waals surface area contributed by atoms with E-state index in [0.29, 0.717) is 0 Å². The summed E-state index contributed by atoms with van der Waals surface area (Å²) < 4.78 is 1.66. The van der Waals surface area contributed by atoms with Gasteiger partial charge in [-0.1, -0.05) is 0 Å². The molecule has 0 aliphatic carbocycles. The van der Waals surface area contributed by atoms with E-state index < -0.39 is 6.10 Å². The molecule has 0 aliphatic heterocycles. The molecule has 0 spiro atoms. The van der Waals surface area contributed by atoms with Gasteiger partial charge in [-0.2, -0.15) is 5.10 Å². The van der Waals surface area contributed by atoms with Crippen molar-refractivity contribution in [2.24, 2.45) is 7.05 Å². The number of rotatable bonds is 2. The first-order valence-electron chi connectivity index (χ1n) is 4.76. The molecule has 0 saturated carbocycles. The van der Waals surface area contributed by atoms with Crippen LogP contribution in [0.2, 0.25) is 0 Å². The summed E-state index contributed by atoms with van der Waals surface area (Å²) >= 11 is 0. The van der Waals surface area contributed by atoms with E-state index in [2.05, 4.69) is 10.1 Å². The van der Waals surface area contributed by atoms with Crippen LogP contribution in [0.1, 0.15) is 22.9 Å². The van der Waals surface area contributed by atoms with Crippen LogP contribution >= 0.6 is 0 Å². The number of nitrogens with zero attached hydrogens (tertiary/aromatic N) is 3. The molecular formula is C11H13N3O. The quantitative estimate of drug-likeness (QED) is 0.798. The summed E-state index contributed by atoms with van der Waals surface area (Å²) in [6, 6.07) is 3.69. The average Bonchev–Trinajstić information content (AvgIpc) is 2.64. The van der Waals surface area contributed by atoms with Gasteiger partial charge in [0.25, 0.3) is 0 Å². The number of hydrogen-bond acceptors (Lipinski definition) is 3. The Morgan fingerprint density at radius 3 is 2.73 bits per heavy atom. The van der Waals surface area contributed by atoms with Gasteiger partial charge in [-0.05, 0) is 24.6 Å². The molecule has 0 aliphatic rings. The Kier molecular flexibility index (Phi) is 2.51. The minimum atomic E-state index is -0.661. The van der Waals surface area contributed by atoms with Gasteiger partial charge in [0.1, 0.15) is 6.10 Å². The van der Waals surface area contributed by atoms with Gasteiger partial charge in [-0.15, -0.1) is 0 Å². The zero-order chi connectivity index (χ0) is 10.8. The number of aromatic nitrogens is 3. The van der Waals surface area contributed by atoms with Gasteiger partial charge in [0.15, 0.2) is 0 Å². The minimum absolute atomic E-state index is 0.661. The van der Waals surface area contributed by atoms with Crippen molar-refractivity contribution >= 4 is 0 Å². The maximum atomic E-state index is 10.1. The molecule has 4 heteroatoms. The van der Waals surface area contributed by atoms with Crippen LogP contribution in [-0.2, 0) is 7.05 Å². The normalized spacial score (nSPS) is 12.7. The lowest BCUT2D eigenvalue weighted by Gasteiger charge is -2.13. The van der Waals surface area contributed by atoms with Gasteiger partial charge in [-0.25, -0.2) is 0 Å². The summed E-state index contributed by atoms with van der Waals surface area (Å²) in [4.78, 5) is 4.02. The molecule has 1 atom stereocenters. The first-order valence-corrected chi connectivity index (χ1v) is 4.76. The Hall–Kier alpha value is -1.68. The highest BCUT2D eigenvalue weighted by Crippen LogP contribution is 2.22. The summed E-state index contributed by atoms with van der Waals surface area (Å²) in [5.74, 6) is 0. The highest BCUT2D eigenvalue weighted by molar-refractivity contribution is 5.29. The lowest BCUT2D eigenvalue weighted by Crippen LogP contribution is -2.08. The highest BCUT2D eigenvalue weighted by Gasteiger charge is 2.15. The first-order chi connectivity index (χ1) is 7.20. The van der Waals surface area contributed by atoms with Crippen molar-refractivity contribution in [3.8, 4) is 0 Å². The van der Waals surface area contributed by atoms with Crippen molar-refractivity contribution in [2.75, 3.05) is 0 Å². The molecule has 0 radical (unpaired) electrons. The molecule has 0 amide bonds. The van der Waals surface area contributed by atoms with E-state index in [1.54, 1.807) is 29.3 Å². The molecule has 0 fully saturated rings. The second-order valence-electron chi connectivity index (χ2n) is 3.51. The van der Waals surface area contributed by atoms with Gasteiger partial charge in [0.05, 0.1) is 5.69 Å². The summed E-state index contributed by atoms with van der Waals surface area (Å²) in [7, 11) is 1.81. The van der Waals surface area contributed by atoms with Crippen LogP contribution < -0.4 is 0 Å². The molecule has 4 nitrogen and oxygen atoms in total. The van der Waals surface area contributed by atoms with Crippen LogP contribution in [0.5, 0.6) is 0 Å². The molecule has 1 N–H and O–H groups in total. The molecule has 2 rings (SSSR count). The van der Waals surface area contributed by atoms with Gasteiger partial charge in [0.2, 0.25) is 0 Å². The lowest BCUT2D eigenvalue weighted by atomic mass is 10.0. The number of hydrogen-bond donors (Lipinski definition) is 1. The third kappa shape index (κ3) is 1.76. The van der Waals surface area contributed by atoms with Crippen molar-refractivity contribution < 1.29 is 5.11 Å². The molecule has 15 heavy (non-hydrogen) atoms. The van der Waals surface area contributed by atoms with Crippen molar-refractivity contribution in [3.05, 3.63) is 47.5 Å². The van der Waals surface area contributed by atoms with Crippen LogP contribution in [-0.4, -0.2) is 19.9 Å². The topological polar surface area (TPSA) is 50.9 Å². The average molecular weight is 203 g/mol. The molecular weight excluding hydrogens is 190 g/mol. The highest BCUT2D eigenvalue weighted by atomic mass is 16.3.